The number of rotatable bonds is 10. The van der Waals surface area contributed by atoms with Crippen LogP contribution >= 0.6 is 0 Å². The van der Waals surface area contributed by atoms with Gasteiger partial charge in [-0.2, -0.15) is 0 Å². The molecule has 0 bridgehead atoms. The van der Waals surface area contributed by atoms with E-state index in [1.54, 1.807) is 0 Å². The Morgan fingerprint density at radius 3 is 2.58 bits per heavy atom. The maximum atomic E-state index is 5.60. The second-order valence-corrected chi connectivity index (χ2v) is 5.22. The molecule has 1 aromatic rings. The zero-order valence-corrected chi connectivity index (χ0v) is 12.2. The largest absolute Gasteiger partial charge is 0.468 e. The number of furan rings is 1. The summed E-state index contributed by atoms with van der Waals surface area (Å²) in [6.45, 7) is 16.3. The minimum Gasteiger partial charge on any atom is -0.468 e. The Morgan fingerprint density at radius 1 is 1.32 bits per heavy atom. The molecule has 106 valence electrons. The highest BCUT2D eigenvalue weighted by atomic mass is 16.3. The third-order valence-electron chi connectivity index (χ3n) is 2.74. The fourth-order valence-electron chi connectivity index (χ4n) is 1.90. The van der Waals surface area contributed by atoms with E-state index in [0.717, 1.165) is 38.5 Å². The highest BCUT2D eigenvalue weighted by molar-refractivity contribution is 5.12. The lowest BCUT2D eigenvalue weighted by Gasteiger charge is -2.16. The van der Waals surface area contributed by atoms with Crippen LogP contribution in [-0.2, 0) is 13.1 Å². The van der Waals surface area contributed by atoms with Gasteiger partial charge in [-0.15, -0.1) is 13.2 Å². The highest BCUT2D eigenvalue weighted by Crippen LogP contribution is 2.11. The maximum absolute atomic E-state index is 5.60. The minimum absolute atomic E-state index is 0.669. The van der Waals surface area contributed by atoms with E-state index in [9.17, 15) is 0 Å². The van der Waals surface area contributed by atoms with Gasteiger partial charge in [-0.1, -0.05) is 26.0 Å². The molecule has 0 amide bonds. The Kier molecular flexibility index (Phi) is 7.23. The predicted octanol–water partition coefficient (Wildman–Crippen LogP) is 3.20. The standard InChI is InChI=1S/C16H26N2O/c1-5-7-18(8-6-2)12-16-9-15(13-19-16)11-17-10-14(3)4/h5-6,9,13-14,17H,1-2,7-8,10-12H2,3-4H3. The van der Waals surface area contributed by atoms with Crippen LogP contribution in [-0.4, -0.2) is 24.5 Å². The van der Waals surface area contributed by atoms with Crippen molar-refractivity contribution >= 4 is 0 Å². The quantitative estimate of drug-likeness (QED) is 0.656. The van der Waals surface area contributed by atoms with E-state index >= 15 is 0 Å². The Bertz CT molecular complexity index is 372. The third kappa shape index (κ3) is 6.41. The first-order valence-corrected chi connectivity index (χ1v) is 6.86. The lowest BCUT2D eigenvalue weighted by Crippen LogP contribution is -2.23. The van der Waals surface area contributed by atoms with Gasteiger partial charge in [0.15, 0.2) is 0 Å². The molecular formula is C16H26N2O. The summed E-state index contributed by atoms with van der Waals surface area (Å²) in [6.07, 6.45) is 5.64. The van der Waals surface area contributed by atoms with Crippen molar-refractivity contribution in [2.45, 2.75) is 26.9 Å². The SMILES string of the molecule is C=CCN(CC=C)Cc1cc(CNCC(C)C)co1. The summed E-state index contributed by atoms with van der Waals surface area (Å²) in [5, 5.41) is 3.41. The van der Waals surface area contributed by atoms with Crippen molar-refractivity contribution in [3.63, 3.8) is 0 Å². The van der Waals surface area contributed by atoms with Crippen LogP contribution in [0.4, 0.5) is 0 Å². The first kappa shape index (κ1) is 15.7. The zero-order chi connectivity index (χ0) is 14.1. The van der Waals surface area contributed by atoms with Crippen LogP contribution in [0.1, 0.15) is 25.2 Å². The summed E-state index contributed by atoms with van der Waals surface area (Å²) in [5.41, 5.74) is 1.20. The molecule has 0 aliphatic carbocycles. The van der Waals surface area contributed by atoms with Crippen molar-refractivity contribution in [2.75, 3.05) is 19.6 Å². The molecule has 0 saturated heterocycles. The van der Waals surface area contributed by atoms with Crippen molar-refractivity contribution < 1.29 is 4.42 Å². The lowest BCUT2D eigenvalue weighted by molar-refractivity contribution is 0.295. The van der Waals surface area contributed by atoms with E-state index in [1.165, 1.54) is 5.56 Å². The summed E-state index contributed by atoms with van der Waals surface area (Å²) in [5.74, 6) is 1.66. The summed E-state index contributed by atoms with van der Waals surface area (Å²) in [7, 11) is 0. The van der Waals surface area contributed by atoms with Crippen LogP contribution in [0.25, 0.3) is 0 Å². The Hall–Kier alpha value is -1.32. The van der Waals surface area contributed by atoms with Gasteiger partial charge in [0, 0.05) is 25.2 Å². The molecule has 1 rings (SSSR count). The molecule has 3 nitrogen and oxygen atoms in total. The van der Waals surface area contributed by atoms with Crippen molar-refractivity contribution in [1.82, 2.24) is 10.2 Å². The molecule has 0 fully saturated rings. The molecule has 0 aromatic carbocycles. The molecule has 0 spiro atoms. The fourth-order valence-corrected chi connectivity index (χ4v) is 1.90. The van der Waals surface area contributed by atoms with Gasteiger partial charge >= 0.3 is 0 Å². The van der Waals surface area contributed by atoms with Gasteiger partial charge in [0.1, 0.15) is 5.76 Å². The lowest BCUT2D eigenvalue weighted by atomic mass is 10.2. The van der Waals surface area contributed by atoms with Crippen molar-refractivity contribution in [3.8, 4) is 0 Å². The van der Waals surface area contributed by atoms with Crippen LogP contribution in [0.5, 0.6) is 0 Å². The van der Waals surface area contributed by atoms with Crippen molar-refractivity contribution in [1.29, 1.82) is 0 Å². The first-order chi connectivity index (χ1) is 9.15. The number of nitrogens with zero attached hydrogens (tertiary/aromatic N) is 1. The van der Waals surface area contributed by atoms with Crippen LogP contribution in [0.15, 0.2) is 42.1 Å². The number of nitrogens with one attached hydrogen (secondary N) is 1. The molecule has 1 aromatic heterocycles. The monoisotopic (exact) mass is 262 g/mol. The maximum Gasteiger partial charge on any atom is 0.118 e. The second kappa shape index (κ2) is 8.73. The first-order valence-electron chi connectivity index (χ1n) is 6.86. The second-order valence-electron chi connectivity index (χ2n) is 5.22. The van der Waals surface area contributed by atoms with E-state index < -0.39 is 0 Å². The van der Waals surface area contributed by atoms with E-state index in [4.69, 9.17) is 4.42 Å². The van der Waals surface area contributed by atoms with Crippen LogP contribution in [0.2, 0.25) is 0 Å². The van der Waals surface area contributed by atoms with Crippen molar-refractivity contribution in [2.24, 2.45) is 5.92 Å². The minimum atomic E-state index is 0.669. The van der Waals surface area contributed by atoms with Crippen LogP contribution < -0.4 is 5.32 Å². The normalized spacial score (nSPS) is 11.2. The molecule has 0 unspecified atom stereocenters. The zero-order valence-electron chi connectivity index (χ0n) is 12.2. The summed E-state index contributed by atoms with van der Waals surface area (Å²) >= 11 is 0. The van der Waals surface area contributed by atoms with E-state index in [-0.39, 0.29) is 0 Å². The molecule has 3 heteroatoms. The molecular weight excluding hydrogens is 236 g/mol. The molecule has 0 radical (unpaired) electrons. The Balaban J connectivity index is 2.44. The molecule has 0 atom stereocenters. The van der Waals surface area contributed by atoms with Crippen LogP contribution in [0.3, 0.4) is 0 Å². The highest BCUT2D eigenvalue weighted by Gasteiger charge is 2.07. The number of hydrogen-bond donors (Lipinski definition) is 1. The van der Waals surface area contributed by atoms with Gasteiger partial charge in [-0.25, -0.2) is 0 Å². The molecule has 19 heavy (non-hydrogen) atoms. The van der Waals surface area contributed by atoms with Crippen LogP contribution in [0, 0.1) is 5.92 Å². The summed E-state index contributed by atoms with van der Waals surface area (Å²) in [6, 6.07) is 2.12. The smallest absolute Gasteiger partial charge is 0.118 e. The van der Waals surface area contributed by atoms with Gasteiger partial charge in [0.2, 0.25) is 0 Å². The molecule has 0 saturated carbocycles. The molecule has 1 heterocycles. The average molecular weight is 262 g/mol. The van der Waals surface area contributed by atoms with Crippen molar-refractivity contribution in [3.05, 3.63) is 49.0 Å². The van der Waals surface area contributed by atoms with E-state index in [0.29, 0.717) is 5.92 Å². The molecule has 1 N–H and O–H groups in total. The Labute approximate surface area is 117 Å². The van der Waals surface area contributed by atoms with Gasteiger partial charge < -0.3 is 9.73 Å². The van der Waals surface area contributed by atoms with E-state index in [2.05, 4.69) is 43.3 Å². The van der Waals surface area contributed by atoms with Gasteiger partial charge in [0.05, 0.1) is 12.8 Å². The molecule has 0 aliphatic rings. The third-order valence-corrected chi connectivity index (χ3v) is 2.74. The summed E-state index contributed by atoms with van der Waals surface area (Å²) in [4.78, 5) is 2.23. The average Bonchev–Trinajstić information content (AvgIpc) is 2.77. The van der Waals surface area contributed by atoms with Gasteiger partial charge in [0.25, 0.3) is 0 Å². The van der Waals surface area contributed by atoms with E-state index in [1.807, 2.05) is 18.4 Å². The molecule has 0 aliphatic heterocycles. The van der Waals surface area contributed by atoms with Gasteiger partial charge in [-0.05, 0) is 18.5 Å². The van der Waals surface area contributed by atoms with Gasteiger partial charge in [-0.3, -0.25) is 4.90 Å². The number of hydrogen-bond acceptors (Lipinski definition) is 3. The topological polar surface area (TPSA) is 28.4 Å². The fraction of sp³-hybridized carbons (Fsp3) is 0.500. The summed E-state index contributed by atoms with van der Waals surface area (Å²) < 4.78 is 5.60. The Morgan fingerprint density at radius 2 is 2.00 bits per heavy atom. The predicted molar refractivity (Wildman–Crippen MR) is 80.9 cm³/mol.